The number of rotatable bonds is 5. The summed E-state index contributed by atoms with van der Waals surface area (Å²) in [6.07, 6.45) is 3.00. The molecule has 2 heterocycles. The maximum Gasteiger partial charge on any atom is 0.244 e. The molecule has 2 aromatic rings. The number of piperazine rings is 1. The number of benzene rings is 2. The number of ether oxygens (including phenoxy) is 2. The van der Waals surface area contributed by atoms with E-state index in [1.807, 2.05) is 18.2 Å². The Balaban J connectivity index is 1.24. The van der Waals surface area contributed by atoms with Gasteiger partial charge in [0, 0.05) is 37.9 Å². The summed E-state index contributed by atoms with van der Waals surface area (Å²) in [4.78, 5) is 28.6. The molecule has 162 valence electrons. The maximum absolute atomic E-state index is 12.4. The van der Waals surface area contributed by atoms with Gasteiger partial charge < -0.3 is 24.6 Å². The van der Waals surface area contributed by atoms with Crippen molar-refractivity contribution in [1.29, 1.82) is 0 Å². The second-order valence-electron chi connectivity index (χ2n) is 7.28. The Kier molecular flexibility index (Phi) is 6.62. The third-order valence-electron chi connectivity index (χ3n) is 5.21. The lowest BCUT2D eigenvalue weighted by atomic mass is 10.1. The highest BCUT2D eigenvalue weighted by Crippen LogP contribution is 2.38. The first-order chi connectivity index (χ1) is 15.1. The van der Waals surface area contributed by atoms with Crippen molar-refractivity contribution in [2.24, 2.45) is 0 Å². The summed E-state index contributed by atoms with van der Waals surface area (Å²) >= 11 is 6.21. The number of nitrogens with zero attached hydrogens (tertiary/aromatic N) is 2. The third kappa shape index (κ3) is 5.30. The topological polar surface area (TPSA) is 71.1 Å². The zero-order valence-electron chi connectivity index (χ0n) is 17.1. The summed E-state index contributed by atoms with van der Waals surface area (Å²) in [5.41, 5.74) is 1.88. The van der Waals surface area contributed by atoms with Gasteiger partial charge in [0.15, 0.2) is 11.5 Å². The number of carbonyl (C=O) groups is 2. The Bertz CT molecular complexity index is 972. The summed E-state index contributed by atoms with van der Waals surface area (Å²) in [5.74, 6) is 0.648. The number of carbonyl (C=O) groups excluding carboxylic acids is 2. The molecule has 0 radical (unpaired) electrons. The lowest BCUT2D eigenvalue weighted by Gasteiger charge is -2.36. The molecule has 0 atom stereocenters. The van der Waals surface area contributed by atoms with E-state index in [4.69, 9.17) is 21.1 Å². The highest BCUT2D eigenvalue weighted by molar-refractivity contribution is 6.32. The van der Waals surface area contributed by atoms with Crippen molar-refractivity contribution in [1.82, 2.24) is 10.2 Å². The predicted octanol–water partition coefficient (Wildman–Crippen LogP) is 2.59. The number of halogens is 1. The molecular formula is C23H24ClN3O4. The minimum Gasteiger partial charge on any atom is -0.486 e. The number of para-hydroxylation sites is 1. The Morgan fingerprint density at radius 3 is 2.55 bits per heavy atom. The largest absolute Gasteiger partial charge is 0.486 e. The standard InChI is InChI=1S/C23H24ClN3O4/c24-19-14-17(15-20-23(19)31-13-12-30-20)6-7-21(28)25-16-22(29)27-10-8-26(9-11-27)18-4-2-1-3-5-18/h1-7,14-15H,8-13,16H2,(H,25,28)/b7-6+. The average Bonchev–Trinajstić information content (AvgIpc) is 2.82. The van der Waals surface area contributed by atoms with E-state index in [1.165, 1.54) is 6.08 Å². The smallest absolute Gasteiger partial charge is 0.244 e. The minimum absolute atomic E-state index is 0.0313. The second-order valence-corrected chi connectivity index (χ2v) is 7.69. The highest BCUT2D eigenvalue weighted by atomic mass is 35.5. The zero-order valence-corrected chi connectivity index (χ0v) is 17.8. The minimum atomic E-state index is -0.345. The van der Waals surface area contributed by atoms with Crippen LogP contribution in [0.1, 0.15) is 5.56 Å². The summed E-state index contributed by atoms with van der Waals surface area (Å²) in [6, 6.07) is 13.6. The van der Waals surface area contributed by atoms with Crippen LogP contribution in [0.2, 0.25) is 5.02 Å². The predicted molar refractivity (Wildman–Crippen MR) is 120 cm³/mol. The number of anilines is 1. The van der Waals surface area contributed by atoms with E-state index in [-0.39, 0.29) is 18.4 Å². The first-order valence-corrected chi connectivity index (χ1v) is 10.6. The number of hydrogen-bond donors (Lipinski definition) is 1. The van der Waals surface area contributed by atoms with E-state index < -0.39 is 0 Å². The van der Waals surface area contributed by atoms with Gasteiger partial charge in [-0.3, -0.25) is 9.59 Å². The summed E-state index contributed by atoms with van der Waals surface area (Å²) in [7, 11) is 0. The molecule has 0 unspecified atom stereocenters. The summed E-state index contributed by atoms with van der Waals surface area (Å²) < 4.78 is 11.0. The molecule has 0 saturated carbocycles. The van der Waals surface area contributed by atoms with E-state index in [9.17, 15) is 9.59 Å². The Hall–Kier alpha value is -3.19. The molecule has 1 saturated heterocycles. The third-order valence-corrected chi connectivity index (χ3v) is 5.49. The quantitative estimate of drug-likeness (QED) is 0.722. The first-order valence-electron chi connectivity index (χ1n) is 10.2. The van der Waals surface area contributed by atoms with Crippen molar-refractivity contribution >= 4 is 35.2 Å². The Morgan fingerprint density at radius 1 is 1.03 bits per heavy atom. The van der Waals surface area contributed by atoms with Crippen molar-refractivity contribution in [2.45, 2.75) is 0 Å². The molecule has 31 heavy (non-hydrogen) atoms. The molecule has 2 aromatic carbocycles. The molecule has 1 fully saturated rings. The summed E-state index contributed by atoms with van der Waals surface area (Å²) in [5, 5.41) is 3.08. The molecule has 8 heteroatoms. The van der Waals surface area contributed by atoms with Gasteiger partial charge in [-0.25, -0.2) is 0 Å². The molecule has 0 bridgehead atoms. The molecule has 2 amide bonds. The van der Waals surface area contributed by atoms with Crippen LogP contribution in [0.25, 0.3) is 6.08 Å². The van der Waals surface area contributed by atoms with Crippen LogP contribution in [0.3, 0.4) is 0 Å². The van der Waals surface area contributed by atoms with Crippen LogP contribution in [0.4, 0.5) is 5.69 Å². The highest BCUT2D eigenvalue weighted by Gasteiger charge is 2.21. The van der Waals surface area contributed by atoms with Gasteiger partial charge in [0.1, 0.15) is 13.2 Å². The fourth-order valence-corrected chi connectivity index (χ4v) is 3.86. The summed E-state index contributed by atoms with van der Waals surface area (Å²) in [6.45, 7) is 3.70. The molecule has 0 aromatic heterocycles. The lowest BCUT2D eigenvalue weighted by molar-refractivity contribution is -0.132. The first kappa shape index (κ1) is 21.1. The van der Waals surface area contributed by atoms with Crippen LogP contribution in [0, 0.1) is 0 Å². The molecular weight excluding hydrogens is 418 g/mol. The van der Waals surface area contributed by atoms with Crippen molar-refractivity contribution in [3.05, 3.63) is 59.1 Å². The molecule has 7 nitrogen and oxygen atoms in total. The molecule has 4 rings (SSSR count). The van der Waals surface area contributed by atoms with E-state index >= 15 is 0 Å². The van der Waals surface area contributed by atoms with Crippen LogP contribution >= 0.6 is 11.6 Å². The van der Waals surface area contributed by atoms with E-state index in [1.54, 1.807) is 23.1 Å². The van der Waals surface area contributed by atoms with Gasteiger partial charge in [-0.15, -0.1) is 0 Å². The van der Waals surface area contributed by atoms with Crippen LogP contribution in [-0.4, -0.2) is 62.7 Å². The van der Waals surface area contributed by atoms with Crippen molar-refractivity contribution in [3.63, 3.8) is 0 Å². The fraction of sp³-hybridized carbons (Fsp3) is 0.304. The molecule has 1 N–H and O–H groups in total. The monoisotopic (exact) mass is 441 g/mol. The van der Waals surface area contributed by atoms with Gasteiger partial charge in [0.05, 0.1) is 11.6 Å². The van der Waals surface area contributed by atoms with E-state index in [2.05, 4.69) is 22.3 Å². The van der Waals surface area contributed by atoms with Crippen molar-refractivity contribution < 1.29 is 19.1 Å². The average molecular weight is 442 g/mol. The van der Waals surface area contributed by atoms with E-state index in [0.29, 0.717) is 48.4 Å². The fourth-order valence-electron chi connectivity index (χ4n) is 3.59. The lowest BCUT2D eigenvalue weighted by Crippen LogP contribution is -2.51. The van der Waals surface area contributed by atoms with Gasteiger partial charge in [-0.2, -0.15) is 0 Å². The second kappa shape index (κ2) is 9.75. The van der Waals surface area contributed by atoms with Crippen molar-refractivity contribution in [2.75, 3.05) is 50.8 Å². The molecule has 0 spiro atoms. The Labute approximate surface area is 186 Å². The molecule has 0 aliphatic carbocycles. The normalized spacial score (nSPS) is 15.8. The van der Waals surface area contributed by atoms with Gasteiger partial charge in [0.25, 0.3) is 0 Å². The number of fused-ring (bicyclic) bond motifs is 1. The zero-order chi connectivity index (χ0) is 21.6. The van der Waals surface area contributed by atoms with Crippen LogP contribution < -0.4 is 19.7 Å². The number of nitrogens with one attached hydrogen (secondary N) is 1. The molecule has 2 aliphatic heterocycles. The number of amides is 2. The van der Waals surface area contributed by atoms with Gasteiger partial charge in [-0.05, 0) is 35.9 Å². The van der Waals surface area contributed by atoms with Crippen molar-refractivity contribution in [3.8, 4) is 11.5 Å². The SMILES string of the molecule is O=C(/C=C/c1cc(Cl)c2c(c1)OCCO2)NCC(=O)N1CCN(c2ccccc2)CC1. The van der Waals surface area contributed by atoms with Gasteiger partial charge in [0.2, 0.25) is 11.8 Å². The maximum atomic E-state index is 12.4. The molecule has 2 aliphatic rings. The number of hydrogen-bond acceptors (Lipinski definition) is 5. The van der Waals surface area contributed by atoms with Crippen LogP contribution in [0.5, 0.6) is 11.5 Å². The van der Waals surface area contributed by atoms with E-state index in [0.717, 1.165) is 18.8 Å². The van der Waals surface area contributed by atoms with Crippen LogP contribution in [-0.2, 0) is 9.59 Å². The van der Waals surface area contributed by atoms with Crippen LogP contribution in [0.15, 0.2) is 48.5 Å². The van der Waals surface area contributed by atoms with Gasteiger partial charge >= 0.3 is 0 Å². The van der Waals surface area contributed by atoms with Gasteiger partial charge in [-0.1, -0.05) is 29.8 Å². The Morgan fingerprint density at radius 2 is 1.77 bits per heavy atom.